The van der Waals surface area contributed by atoms with Crippen molar-refractivity contribution in [2.45, 2.75) is 12.8 Å². The average molecular weight is 184 g/mol. The van der Waals surface area contributed by atoms with Crippen molar-refractivity contribution in [1.29, 1.82) is 0 Å². The summed E-state index contributed by atoms with van der Waals surface area (Å²) in [4.78, 5) is 0. The van der Waals surface area contributed by atoms with Crippen molar-refractivity contribution in [3.63, 3.8) is 0 Å². The van der Waals surface area contributed by atoms with Crippen LogP contribution in [0.25, 0.3) is 0 Å². The third-order valence-corrected chi connectivity index (χ3v) is 1.86. The smallest absolute Gasteiger partial charge is 0.0431 e. The van der Waals surface area contributed by atoms with Crippen LogP contribution < -0.4 is 0 Å². The van der Waals surface area contributed by atoms with Gasteiger partial charge in [0, 0.05) is 11.6 Å². The summed E-state index contributed by atoms with van der Waals surface area (Å²) in [5.41, 5.74) is 1.16. The zero-order valence-electron chi connectivity index (χ0n) is 6.83. The van der Waals surface area contributed by atoms with E-state index in [2.05, 4.69) is 6.42 Å². The first-order valence-corrected chi connectivity index (χ1v) is 4.40. The van der Waals surface area contributed by atoms with E-state index < -0.39 is 0 Å². The van der Waals surface area contributed by atoms with Gasteiger partial charge in [-0.15, -0.1) is 0 Å². The second kappa shape index (κ2) is 5.18. The highest BCUT2D eigenvalue weighted by Gasteiger charge is 1.92. The van der Waals surface area contributed by atoms with E-state index in [1.54, 1.807) is 0 Å². The Morgan fingerprint density at radius 3 is 2.50 bits per heavy atom. The zero-order chi connectivity index (χ0) is 8.81. The van der Waals surface area contributed by atoms with Gasteiger partial charge in [0.05, 0.1) is 0 Å². The van der Waals surface area contributed by atoms with Crippen LogP contribution in [0.4, 0.5) is 0 Å². The van der Waals surface area contributed by atoms with Crippen LogP contribution in [0.15, 0.2) is 24.3 Å². The molecule has 0 unspecified atom stereocenters. The van der Waals surface area contributed by atoms with E-state index >= 15 is 0 Å². The van der Waals surface area contributed by atoms with Gasteiger partial charge in [-0.1, -0.05) is 23.7 Å². The molecule has 0 atom stereocenters. The fourth-order valence-corrected chi connectivity index (χ4v) is 1.08. The maximum Gasteiger partial charge on any atom is 0.0431 e. The summed E-state index contributed by atoms with van der Waals surface area (Å²) in [5.74, 6) is 0. The predicted molar refractivity (Wildman–Crippen MR) is 51.2 cm³/mol. The Labute approximate surface area is 78.0 Å². The largest absolute Gasteiger partial charge is 0.396 e. The molecule has 0 saturated carbocycles. The molecule has 1 rings (SSSR count). The van der Waals surface area contributed by atoms with Gasteiger partial charge in [-0.05, 0) is 37.0 Å². The van der Waals surface area contributed by atoms with Gasteiger partial charge in [0.25, 0.3) is 0 Å². The third-order valence-electron chi connectivity index (χ3n) is 1.61. The van der Waals surface area contributed by atoms with Crippen LogP contribution in [-0.4, -0.2) is 11.7 Å². The summed E-state index contributed by atoms with van der Waals surface area (Å²) < 4.78 is 0. The second-order valence-corrected chi connectivity index (χ2v) is 3.06. The molecule has 65 valence electrons. The molecule has 0 aliphatic rings. The molecule has 0 amide bonds. The lowest BCUT2D eigenvalue weighted by atomic mass is 10.1. The highest BCUT2D eigenvalue weighted by atomic mass is 35.5. The van der Waals surface area contributed by atoms with Crippen LogP contribution in [-0.2, 0) is 0 Å². The summed E-state index contributed by atoms with van der Waals surface area (Å²) in [6, 6.07) is 7.68. The normalized spacial score (nSPS) is 10.2. The molecular weight excluding hydrogens is 172 g/mol. The number of rotatable bonds is 4. The molecule has 0 spiro atoms. The van der Waals surface area contributed by atoms with Crippen molar-refractivity contribution >= 4 is 11.6 Å². The number of hydrogen-bond donors (Lipinski definition) is 1. The minimum absolute atomic E-state index is 0.254. The summed E-state index contributed by atoms with van der Waals surface area (Å²) >= 11 is 5.72. The Morgan fingerprint density at radius 2 is 1.92 bits per heavy atom. The summed E-state index contributed by atoms with van der Waals surface area (Å²) in [7, 11) is 0. The first-order chi connectivity index (χ1) is 5.83. The van der Waals surface area contributed by atoms with Crippen LogP contribution in [0, 0.1) is 6.42 Å². The standard InChI is InChI=1S/C10H12ClO/c11-10-6-4-9(5-7-10)3-1-2-8-12/h3-7,12H,1-2,8H2. The number of aliphatic hydroxyl groups excluding tert-OH is 1. The van der Waals surface area contributed by atoms with Crippen LogP contribution in [0.3, 0.4) is 0 Å². The fourth-order valence-electron chi connectivity index (χ4n) is 0.959. The minimum atomic E-state index is 0.254. The van der Waals surface area contributed by atoms with E-state index in [-0.39, 0.29) is 6.61 Å². The van der Waals surface area contributed by atoms with E-state index in [0.29, 0.717) is 0 Å². The van der Waals surface area contributed by atoms with E-state index in [4.69, 9.17) is 16.7 Å². The van der Waals surface area contributed by atoms with Gasteiger partial charge in [0.1, 0.15) is 0 Å². The molecule has 0 saturated heterocycles. The molecule has 1 aromatic carbocycles. The van der Waals surface area contributed by atoms with Crippen molar-refractivity contribution in [3.05, 3.63) is 41.3 Å². The number of aliphatic hydroxyl groups is 1. The first-order valence-electron chi connectivity index (χ1n) is 4.02. The molecule has 12 heavy (non-hydrogen) atoms. The number of unbranched alkanes of at least 4 members (excludes halogenated alkanes) is 1. The zero-order valence-corrected chi connectivity index (χ0v) is 7.59. The number of hydrogen-bond acceptors (Lipinski definition) is 1. The maximum absolute atomic E-state index is 8.55. The molecule has 1 N–H and O–H groups in total. The lowest BCUT2D eigenvalue weighted by Gasteiger charge is -1.98. The fraction of sp³-hybridized carbons (Fsp3) is 0.300. The van der Waals surface area contributed by atoms with E-state index in [1.807, 2.05) is 24.3 Å². The van der Waals surface area contributed by atoms with Crippen LogP contribution in [0.5, 0.6) is 0 Å². The molecule has 0 heterocycles. The van der Waals surface area contributed by atoms with Crippen molar-refractivity contribution in [3.8, 4) is 0 Å². The monoisotopic (exact) mass is 183 g/mol. The lowest BCUT2D eigenvalue weighted by Crippen LogP contribution is -1.85. The molecule has 0 aliphatic heterocycles. The Hall–Kier alpha value is -0.530. The van der Waals surface area contributed by atoms with Crippen molar-refractivity contribution in [2.75, 3.05) is 6.61 Å². The van der Waals surface area contributed by atoms with E-state index in [9.17, 15) is 0 Å². The number of halogens is 1. The van der Waals surface area contributed by atoms with Gasteiger partial charge in [-0.3, -0.25) is 0 Å². The predicted octanol–water partition coefficient (Wildman–Crippen LogP) is 2.66. The lowest BCUT2D eigenvalue weighted by molar-refractivity contribution is 0.288. The van der Waals surface area contributed by atoms with Gasteiger partial charge >= 0.3 is 0 Å². The van der Waals surface area contributed by atoms with Gasteiger partial charge in [-0.25, -0.2) is 0 Å². The second-order valence-electron chi connectivity index (χ2n) is 2.62. The molecule has 0 fully saturated rings. The van der Waals surface area contributed by atoms with Crippen molar-refractivity contribution < 1.29 is 5.11 Å². The van der Waals surface area contributed by atoms with Gasteiger partial charge in [0.15, 0.2) is 0 Å². The van der Waals surface area contributed by atoms with Gasteiger partial charge < -0.3 is 5.11 Å². The van der Waals surface area contributed by atoms with Gasteiger partial charge in [-0.2, -0.15) is 0 Å². The van der Waals surface area contributed by atoms with Crippen molar-refractivity contribution in [2.24, 2.45) is 0 Å². The molecule has 2 heteroatoms. The Morgan fingerprint density at radius 1 is 1.25 bits per heavy atom. The number of benzene rings is 1. The summed E-state index contributed by atoms with van der Waals surface area (Å²) in [6.45, 7) is 0.254. The highest BCUT2D eigenvalue weighted by molar-refractivity contribution is 6.30. The first kappa shape index (κ1) is 9.56. The quantitative estimate of drug-likeness (QED) is 0.712. The molecule has 0 aliphatic carbocycles. The van der Waals surface area contributed by atoms with Crippen LogP contribution >= 0.6 is 11.6 Å². The summed E-state index contributed by atoms with van der Waals surface area (Å²) in [5, 5.41) is 9.31. The Kier molecular flexibility index (Phi) is 4.12. The highest BCUT2D eigenvalue weighted by Crippen LogP contribution is 2.12. The minimum Gasteiger partial charge on any atom is -0.396 e. The third kappa shape index (κ3) is 3.24. The SMILES string of the molecule is OCCC[CH]c1ccc(Cl)cc1. The Bertz CT molecular complexity index is 218. The van der Waals surface area contributed by atoms with E-state index in [1.165, 1.54) is 0 Å². The molecule has 0 bridgehead atoms. The molecule has 1 aromatic rings. The maximum atomic E-state index is 8.55. The van der Waals surface area contributed by atoms with Gasteiger partial charge in [0.2, 0.25) is 0 Å². The molecule has 0 aromatic heterocycles. The van der Waals surface area contributed by atoms with Crippen LogP contribution in [0.1, 0.15) is 18.4 Å². The van der Waals surface area contributed by atoms with Crippen LogP contribution in [0.2, 0.25) is 5.02 Å². The molecular formula is C10H12ClO. The van der Waals surface area contributed by atoms with E-state index in [0.717, 1.165) is 23.4 Å². The molecule has 1 nitrogen and oxygen atoms in total. The topological polar surface area (TPSA) is 20.2 Å². The summed E-state index contributed by atoms with van der Waals surface area (Å²) in [6.07, 6.45) is 3.83. The van der Waals surface area contributed by atoms with Crippen molar-refractivity contribution in [1.82, 2.24) is 0 Å². The average Bonchev–Trinajstić information content (AvgIpc) is 2.09. The Balaban J connectivity index is 2.37. The molecule has 1 radical (unpaired) electrons.